The first kappa shape index (κ1) is 16.0. The lowest BCUT2D eigenvalue weighted by molar-refractivity contribution is 0.471. The summed E-state index contributed by atoms with van der Waals surface area (Å²) in [6.45, 7) is 6.59. The molecule has 0 bridgehead atoms. The van der Waals surface area contributed by atoms with Gasteiger partial charge in [0.2, 0.25) is 0 Å². The molecule has 126 valence electrons. The summed E-state index contributed by atoms with van der Waals surface area (Å²) in [5, 5.41) is 0. The number of ether oxygens (including phenoxy) is 1. The van der Waals surface area contributed by atoms with Crippen molar-refractivity contribution >= 4 is 0 Å². The lowest BCUT2D eigenvalue weighted by Gasteiger charge is -2.24. The number of rotatable bonds is 3. The Morgan fingerprint density at radius 3 is 2.36 bits per heavy atom. The van der Waals surface area contributed by atoms with Crippen LogP contribution >= 0.6 is 0 Å². The predicted octanol–water partition coefficient (Wildman–Crippen LogP) is 6.68. The molecule has 0 heterocycles. The van der Waals surface area contributed by atoms with Crippen LogP contribution in [0.25, 0.3) is 11.1 Å². The van der Waals surface area contributed by atoms with Gasteiger partial charge in [0.1, 0.15) is 11.5 Å². The van der Waals surface area contributed by atoms with Crippen molar-refractivity contribution in [1.82, 2.24) is 0 Å². The van der Waals surface area contributed by atoms with Crippen molar-refractivity contribution in [3.63, 3.8) is 0 Å². The molecule has 4 rings (SSSR count). The molecular weight excluding hydrogens is 304 g/mol. The van der Waals surface area contributed by atoms with Gasteiger partial charge in [0, 0.05) is 5.56 Å². The van der Waals surface area contributed by atoms with Crippen molar-refractivity contribution in [1.29, 1.82) is 0 Å². The fourth-order valence-corrected chi connectivity index (χ4v) is 3.64. The van der Waals surface area contributed by atoms with Crippen molar-refractivity contribution in [3.05, 3.63) is 82.9 Å². The molecule has 0 spiro atoms. The van der Waals surface area contributed by atoms with Crippen molar-refractivity contribution in [2.24, 2.45) is 0 Å². The van der Waals surface area contributed by atoms with Crippen LogP contribution in [0.4, 0.5) is 0 Å². The van der Waals surface area contributed by atoms with E-state index in [0.717, 1.165) is 24.3 Å². The zero-order chi connectivity index (χ0) is 17.4. The summed E-state index contributed by atoms with van der Waals surface area (Å²) in [6.07, 6.45) is 2.11. The average Bonchev–Trinajstić information content (AvgIpc) is 2.63. The van der Waals surface area contributed by atoms with Gasteiger partial charge in [0.05, 0.1) is 0 Å². The summed E-state index contributed by atoms with van der Waals surface area (Å²) in [5.74, 6) is 2.44. The van der Waals surface area contributed by atoms with Crippen LogP contribution in [0.2, 0.25) is 0 Å². The minimum absolute atomic E-state index is 0.471. The zero-order valence-electron chi connectivity index (χ0n) is 15.2. The second-order valence-electron chi connectivity index (χ2n) is 7.22. The smallest absolute Gasteiger partial charge is 0.131 e. The number of aryl methyl sites for hydroxylation is 2. The van der Waals surface area contributed by atoms with E-state index in [4.69, 9.17) is 4.74 Å². The molecule has 25 heavy (non-hydrogen) atoms. The third kappa shape index (κ3) is 2.95. The Morgan fingerprint density at radius 1 is 0.800 bits per heavy atom. The van der Waals surface area contributed by atoms with E-state index in [9.17, 15) is 0 Å². The van der Waals surface area contributed by atoms with Crippen LogP contribution in [0, 0.1) is 6.92 Å². The molecule has 0 radical (unpaired) electrons. The summed E-state index contributed by atoms with van der Waals surface area (Å²) in [5.41, 5.74) is 7.99. The van der Waals surface area contributed by atoms with Gasteiger partial charge >= 0.3 is 0 Å². The van der Waals surface area contributed by atoms with E-state index in [1.807, 2.05) is 6.07 Å². The summed E-state index contributed by atoms with van der Waals surface area (Å²) < 4.78 is 6.41. The second kappa shape index (κ2) is 6.40. The highest BCUT2D eigenvalue weighted by Gasteiger charge is 2.21. The van der Waals surface area contributed by atoms with E-state index < -0.39 is 0 Å². The Labute approximate surface area is 150 Å². The van der Waals surface area contributed by atoms with Crippen LogP contribution in [-0.4, -0.2) is 0 Å². The average molecular weight is 328 g/mol. The van der Waals surface area contributed by atoms with Gasteiger partial charge in [-0.3, -0.25) is 0 Å². The van der Waals surface area contributed by atoms with Gasteiger partial charge in [-0.25, -0.2) is 0 Å². The number of hydrogen-bond donors (Lipinski definition) is 0. The molecule has 1 aliphatic carbocycles. The summed E-state index contributed by atoms with van der Waals surface area (Å²) >= 11 is 0. The molecule has 3 aromatic carbocycles. The van der Waals surface area contributed by atoms with Gasteiger partial charge < -0.3 is 4.74 Å². The van der Waals surface area contributed by atoms with Crippen LogP contribution in [0.3, 0.4) is 0 Å². The Hall–Kier alpha value is -2.54. The molecular formula is C24H24O. The Bertz CT molecular complexity index is 921. The molecule has 1 heteroatoms. The van der Waals surface area contributed by atoms with Gasteiger partial charge in [0.15, 0.2) is 0 Å². The first-order chi connectivity index (χ1) is 12.1. The van der Waals surface area contributed by atoms with E-state index in [1.165, 1.54) is 33.4 Å². The summed E-state index contributed by atoms with van der Waals surface area (Å²) in [6, 6.07) is 21.6. The van der Waals surface area contributed by atoms with Gasteiger partial charge in [-0.05, 0) is 65.6 Å². The number of para-hydroxylation sites is 1. The molecule has 0 N–H and O–H groups in total. The highest BCUT2D eigenvalue weighted by molar-refractivity contribution is 5.76. The SMILES string of the molecule is Cc1ccccc1Oc1cc(C(C)C)cc2c1CCc1ccccc1-2. The molecule has 0 amide bonds. The fraction of sp³-hybridized carbons (Fsp3) is 0.250. The maximum absolute atomic E-state index is 6.41. The van der Waals surface area contributed by atoms with Crippen LogP contribution in [-0.2, 0) is 12.8 Å². The third-order valence-corrected chi connectivity index (χ3v) is 5.16. The van der Waals surface area contributed by atoms with Gasteiger partial charge in [-0.2, -0.15) is 0 Å². The van der Waals surface area contributed by atoms with E-state index in [1.54, 1.807) is 0 Å². The van der Waals surface area contributed by atoms with E-state index in [-0.39, 0.29) is 0 Å². The Morgan fingerprint density at radius 2 is 1.56 bits per heavy atom. The minimum atomic E-state index is 0.471. The number of fused-ring (bicyclic) bond motifs is 3. The molecule has 0 saturated heterocycles. The first-order valence-electron chi connectivity index (χ1n) is 9.12. The van der Waals surface area contributed by atoms with Crippen molar-refractivity contribution in [2.75, 3.05) is 0 Å². The molecule has 0 unspecified atom stereocenters. The molecule has 0 atom stereocenters. The topological polar surface area (TPSA) is 9.23 Å². The lowest BCUT2D eigenvalue weighted by atomic mass is 9.83. The number of benzene rings is 3. The maximum Gasteiger partial charge on any atom is 0.131 e. The van der Waals surface area contributed by atoms with Crippen molar-refractivity contribution < 1.29 is 4.74 Å². The van der Waals surface area contributed by atoms with Gasteiger partial charge in [-0.1, -0.05) is 62.4 Å². The van der Waals surface area contributed by atoms with Crippen LogP contribution in [0.5, 0.6) is 11.5 Å². The third-order valence-electron chi connectivity index (χ3n) is 5.16. The Balaban J connectivity index is 1.88. The summed E-state index contributed by atoms with van der Waals surface area (Å²) in [4.78, 5) is 0. The Kier molecular flexibility index (Phi) is 4.09. The molecule has 0 saturated carbocycles. The fourth-order valence-electron chi connectivity index (χ4n) is 3.64. The largest absolute Gasteiger partial charge is 0.457 e. The normalized spacial score (nSPS) is 12.6. The first-order valence-corrected chi connectivity index (χ1v) is 9.12. The second-order valence-corrected chi connectivity index (χ2v) is 7.22. The van der Waals surface area contributed by atoms with E-state index >= 15 is 0 Å². The van der Waals surface area contributed by atoms with E-state index in [0.29, 0.717) is 5.92 Å². The number of hydrogen-bond acceptors (Lipinski definition) is 1. The van der Waals surface area contributed by atoms with Crippen LogP contribution in [0.1, 0.15) is 42.0 Å². The van der Waals surface area contributed by atoms with Crippen LogP contribution in [0.15, 0.2) is 60.7 Å². The van der Waals surface area contributed by atoms with E-state index in [2.05, 4.69) is 75.4 Å². The monoisotopic (exact) mass is 328 g/mol. The van der Waals surface area contributed by atoms with Gasteiger partial charge in [-0.15, -0.1) is 0 Å². The van der Waals surface area contributed by atoms with Gasteiger partial charge in [0.25, 0.3) is 0 Å². The summed E-state index contributed by atoms with van der Waals surface area (Å²) in [7, 11) is 0. The van der Waals surface area contributed by atoms with Crippen LogP contribution < -0.4 is 4.74 Å². The molecule has 0 aromatic heterocycles. The minimum Gasteiger partial charge on any atom is -0.457 e. The molecule has 1 aliphatic rings. The standard InChI is InChI=1S/C24H24O/c1-16(2)19-14-22-20-10-6-5-9-18(20)12-13-21(22)24(15-19)25-23-11-7-4-8-17(23)3/h4-11,14-16H,12-13H2,1-3H3. The maximum atomic E-state index is 6.41. The molecule has 1 nitrogen and oxygen atoms in total. The zero-order valence-corrected chi connectivity index (χ0v) is 15.2. The van der Waals surface area contributed by atoms with Crippen molar-refractivity contribution in [3.8, 4) is 22.6 Å². The van der Waals surface area contributed by atoms with Crippen molar-refractivity contribution in [2.45, 2.75) is 39.5 Å². The molecule has 0 aliphatic heterocycles. The highest BCUT2D eigenvalue weighted by atomic mass is 16.5. The predicted molar refractivity (Wildman–Crippen MR) is 105 cm³/mol. The molecule has 0 fully saturated rings. The quantitative estimate of drug-likeness (QED) is 0.521. The highest BCUT2D eigenvalue weighted by Crippen LogP contribution is 2.42. The lowest BCUT2D eigenvalue weighted by Crippen LogP contribution is -2.07. The molecule has 3 aromatic rings.